The summed E-state index contributed by atoms with van der Waals surface area (Å²) in [7, 11) is 0. The SMILES string of the molecule is CC(C)CC1=NN(Cc2cccc(Cl)c2)C(=O)C1. The second-order valence-corrected chi connectivity index (χ2v) is 5.46. The zero-order valence-corrected chi connectivity index (χ0v) is 11.4. The van der Waals surface area contributed by atoms with Crippen molar-refractivity contribution in [2.75, 3.05) is 0 Å². The van der Waals surface area contributed by atoms with E-state index in [0.29, 0.717) is 23.9 Å². The summed E-state index contributed by atoms with van der Waals surface area (Å²) in [5, 5.41) is 6.62. The van der Waals surface area contributed by atoms with Gasteiger partial charge in [-0.15, -0.1) is 0 Å². The van der Waals surface area contributed by atoms with Crippen LogP contribution in [0.5, 0.6) is 0 Å². The summed E-state index contributed by atoms with van der Waals surface area (Å²) in [6.07, 6.45) is 1.34. The van der Waals surface area contributed by atoms with E-state index in [0.717, 1.165) is 17.7 Å². The van der Waals surface area contributed by atoms with E-state index >= 15 is 0 Å². The Morgan fingerprint density at radius 1 is 1.44 bits per heavy atom. The van der Waals surface area contributed by atoms with Gasteiger partial charge in [-0.25, -0.2) is 5.01 Å². The first-order valence-electron chi connectivity index (χ1n) is 6.16. The molecule has 0 fully saturated rings. The highest BCUT2D eigenvalue weighted by atomic mass is 35.5. The lowest BCUT2D eigenvalue weighted by Gasteiger charge is -2.11. The fraction of sp³-hybridized carbons (Fsp3) is 0.429. The van der Waals surface area contributed by atoms with Gasteiger partial charge in [-0.1, -0.05) is 37.6 Å². The Bertz CT molecular complexity index is 482. The van der Waals surface area contributed by atoms with Gasteiger partial charge in [0.15, 0.2) is 0 Å². The number of hydrazone groups is 1. The van der Waals surface area contributed by atoms with E-state index in [4.69, 9.17) is 11.6 Å². The van der Waals surface area contributed by atoms with Gasteiger partial charge in [0.05, 0.1) is 13.0 Å². The Balaban J connectivity index is 2.05. The highest BCUT2D eigenvalue weighted by Crippen LogP contribution is 2.18. The third-order valence-corrected chi connectivity index (χ3v) is 3.01. The molecule has 1 aliphatic rings. The Morgan fingerprint density at radius 3 is 2.89 bits per heavy atom. The van der Waals surface area contributed by atoms with Crippen molar-refractivity contribution in [3.05, 3.63) is 34.9 Å². The highest BCUT2D eigenvalue weighted by molar-refractivity contribution is 6.30. The number of hydrogen-bond donors (Lipinski definition) is 0. The molecule has 0 bridgehead atoms. The van der Waals surface area contributed by atoms with E-state index in [-0.39, 0.29) is 5.91 Å². The number of amides is 1. The predicted molar refractivity (Wildman–Crippen MR) is 73.5 cm³/mol. The third kappa shape index (κ3) is 3.33. The van der Waals surface area contributed by atoms with Gasteiger partial charge < -0.3 is 0 Å². The molecule has 2 rings (SSSR count). The van der Waals surface area contributed by atoms with Crippen LogP contribution in [0.2, 0.25) is 5.02 Å². The topological polar surface area (TPSA) is 32.7 Å². The molecule has 0 N–H and O–H groups in total. The standard InChI is InChI=1S/C14H17ClN2O/c1-10(2)6-13-8-14(18)17(16-13)9-11-4-3-5-12(15)7-11/h3-5,7,10H,6,8-9H2,1-2H3. The van der Waals surface area contributed by atoms with Gasteiger partial charge >= 0.3 is 0 Å². The molecule has 0 saturated carbocycles. The number of rotatable bonds is 4. The normalized spacial score (nSPS) is 15.4. The second kappa shape index (κ2) is 5.53. The Hall–Kier alpha value is -1.35. The minimum absolute atomic E-state index is 0.0747. The van der Waals surface area contributed by atoms with E-state index < -0.39 is 0 Å². The molecule has 0 spiro atoms. The number of halogens is 1. The summed E-state index contributed by atoms with van der Waals surface area (Å²) in [5.74, 6) is 0.605. The van der Waals surface area contributed by atoms with Crippen LogP contribution in [0.25, 0.3) is 0 Å². The summed E-state index contributed by atoms with van der Waals surface area (Å²) in [6.45, 7) is 4.76. The largest absolute Gasteiger partial charge is 0.273 e. The van der Waals surface area contributed by atoms with E-state index in [1.165, 1.54) is 0 Å². The Kier molecular flexibility index (Phi) is 4.02. The Morgan fingerprint density at radius 2 is 2.22 bits per heavy atom. The van der Waals surface area contributed by atoms with E-state index in [1.54, 1.807) is 5.01 Å². The first-order valence-corrected chi connectivity index (χ1v) is 6.53. The maximum Gasteiger partial charge on any atom is 0.248 e. The van der Waals surface area contributed by atoms with Crippen LogP contribution in [-0.2, 0) is 11.3 Å². The van der Waals surface area contributed by atoms with E-state index in [9.17, 15) is 4.79 Å². The number of benzene rings is 1. The van der Waals surface area contributed by atoms with Crippen LogP contribution in [0, 0.1) is 5.92 Å². The molecule has 3 nitrogen and oxygen atoms in total. The minimum Gasteiger partial charge on any atom is -0.273 e. The number of nitrogens with zero attached hydrogens (tertiary/aromatic N) is 2. The van der Waals surface area contributed by atoms with Crippen LogP contribution < -0.4 is 0 Å². The highest BCUT2D eigenvalue weighted by Gasteiger charge is 2.23. The minimum atomic E-state index is 0.0747. The van der Waals surface area contributed by atoms with E-state index in [1.807, 2.05) is 24.3 Å². The third-order valence-electron chi connectivity index (χ3n) is 2.77. The van der Waals surface area contributed by atoms with Gasteiger partial charge in [-0.05, 0) is 30.0 Å². The van der Waals surface area contributed by atoms with Crippen LogP contribution in [0.3, 0.4) is 0 Å². The molecule has 1 aliphatic heterocycles. The number of hydrogen-bond acceptors (Lipinski definition) is 2. The van der Waals surface area contributed by atoms with Gasteiger partial charge in [0.1, 0.15) is 0 Å². The summed E-state index contributed by atoms with van der Waals surface area (Å²) < 4.78 is 0. The van der Waals surface area contributed by atoms with Crippen LogP contribution in [0.4, 0.5) is 0 Å². The first kappa shape index (κ1) is 13.1. The lowest BCUT2D eigenvalue weighted by molar-refractivity contribution is -0.129. The summed E-state index contributed by atoms with van der Waals surface area (Å²) in [6, 6.07) is 7.53. The predicted octanol–water partition coefficient (Wildman–Crippen LogP) is 3.47. The zero-order valence-electron chi connectivity index (χ0n) is 10.7. The molecule has 1 aromatic rings. The van der Waals surface area contributed by atoms with Crippen molar-refractivity contribution in [1.29, 1.82) is 0 Å². The van der Waals surface area contributed by atoms with Crippen LogP contribution in [0.15, 0.2) is 29.4 Å². The van der Waals surface area contributed by atoms with Gasteiger partial charge in [0, 0.05) is 10.7 Å². The molecule has 18 heavy (non-hydrogen) atoms. The second-order valence-electron chi connectivity index (χ2n) is 5.02. The average molecular weight is 265 g/mol. The molecule has 1 heterocycles. The number of carbonyl (C=O) groups is 1. The van der Waals surface area contributed by atoms with Gasteiger partial charge in [-0.2, -0.15) is 5.10 Å². The monoisotopic (exact) mass is 264 g/mol. The van der Waals surface area contributed by atoms with E-state index in [2.05, 4.69) is 18.9 Å². The molecule has 0 aliphatic carbocycles. The lowest BCUT2D eigenvalue weighted by Crippen LogP contribution is -2.19. The van der Waals surface area contributed by atoms with Crippen molar-refractivity contribution in [3.63, 3.8) is 0 Å². The molecular weight excluding hydrogens is 248 g/mol. The van der Waals surface area contributed by atoms with Gasteiger partial charge in [0.25, 0.3) is 0 Å². The fourth-order valence-electron chi connectivity index (χ4n) is 2.04. The molecule has 96 valence electrons. The molecule has 0 radical (unpaired) electrons. The van der Waals surface area contributed by atoms with Crippen molar-refractivity contribution in [2.24, 2.45) is 11.0 Å². The molecule has 0 unspecified atom stereocenters. The maximum atomic E-state index is 11.8. The molecule has 4 heteroatoms. The summed E-state index contributed by atoms with van der Waals surface area (Å²) in [4.78, 5) is 11.8. The quantitative estimate of drug-likeness (QED) is 0.820. The first-order chi connectivity index (χ1) is 8.54. The summed E-state index contributed by atoms with van der Waals surface area (Å²) in [5.41, 5.74) is 1.99. The lowest BCUT2D eigenvalue weighted by atomic mass is 10.1. The van der Waals surface area contributed by atoms with Crippen molar-refractivity contribution < 1.29 is 4.79 Å². The van der Waals surface area contributed by atoms with Crippen molar-refractivity contribution in [1.82, 2.24) is 5.01 Å². The average Bonchev–Trinajstić information content (AvgIpc) is 2.58. The van der Waals surface area contributed by atoms with Crippen molar-refractivity contribution >= 4 is 23.2 Å². The smallest absolute Gasteiger partial charge is 0.248 e. The molecule has 1 aromatic carbocycles. The maximum absolute atomic E-state index is 11.8. The fourth-order valence-corrected chi connectivity index (χ4v) is 2.26. The van der Waals surface area contributed by atoms with Crippen LogP contribution >= 0.6 is 11.6 Å². The molecule has 1 amide bonds. The van der Waals surface area contributed by atoms with Crippen LogP contribution in [0.1, 0.15) is 32.3 Å². The van der Waals surface area contributed by atoms with Gasteiger partial charge in [-0.3, -0.25) is 4.79 Å². The van der Waals surface area contributed by atoms with Crippen LogP contribution in [-0.4, -0.2) is 16.6 Å². The number of carbonyl (C=O) groups excluding carboxylic acids is 1. The van der Waals surface area contributed by atoms with Crippen molar-refractivity contribution in [2.45, 2.75) is 33.2 Å². The Labute approximate surface area is 112 Å². The van der Waals surface area contributed by atoms with Gasteiger partial charge in [0.2, 0.25) is 5.91 Å². The molecular formula is C14H17ClN2O. The zero-order chi connectivity index (χ0) is 13.1. The summed E-state index contributed by atoms with van der Waals surface area (Å²) >= 11 is 5.92. The van der Waals surface area contributed by atoms with Crippen molar-refractivity contribution in [3.8, 4) is 0 Å². The molecule has 0 saturated heterocycles. The molecule has 0 atom stereocenters. The molecule has 0 aromatic heterocycles.